The zero-order valence-electron chi connectivity index (χ0n) is 20.1. The van der Waals surface area contributed by atoms with Gasteiger partial charge in [-0.25, -0.2) is 0 Å². The van der Waals surface area contributed by atoms with Crippen LogP contribution in [0.25, 0.3) is 0 Å². The summed E-state index contributed by atoms with van der Waals surface area (Å²) >= 11 is 0. The Balaban J connectivity index is 1.35. The van der Waals surface area contributed by atoms with Gasteiger partial charge in [0.25, 0.3) is 0 Å². The van der Waals surface area contributed by atoms with Crippen LogP contribution in [-0.4, -0.2) is 48.8 Å². The molecule has 178 valence electrons. The van der Waals surface area contributed by atoms with Gasteiger partial charge in [0.05, 0.1) is 13.2 Å². The first-order chi connectivity index (χ1) is 16.8. The van der Waals surface area contributed by atoms with E-state index in [9.17, 15) is 0 Å². The summed E-state index contributed by atoms with van der Waals surface area (Å²) in [6, 6.07) is 22.0. The van der Waals surface area contributed by atoms with Crippen LogP contribution in [-0.2, 0) is 13.0 Å². The highest BCUT2D eigenvalue weighted by molar-refractivity contribution is 5.57. The topological polar surface area (TPSA) is 37.8 Å². The number of pyridine rings is 1. The number of benzene rings is 2. The Morgan fingerprint density at radius 2 is 1.68 bits per heavy atom. The predicted molar refractivity (Wildman–Crippen MR) is 137 cm³/mol. The lowest BCUT2D eigenvalue weighted by atomic mass is 10.0. The number of nitrogens with zero attached hydrogens (tertiary/aromatic N) is 3. The average Bonchev–Trinajstić information content (AvgIpc) is 3.39. The van der Waals surface area contributed by atoms with Gasteiger partial charge in [0.1, 0.15) is 0 Å². The number of methoxy groups -OCH3 is 1. The van der Waals surface area contributed by atoms with Crippen LogP contribution < -0.4 is 14.4 Å². The molecule has 1 saturated carbocycles. The normalized spacial score (nSPS) is 19.3. The Labute approximate surface area is 203 Å². The van der Waals surface area contributed by atoms with E-state index in [4.69, 9.17) is 9.47 Å². The van der Waals surface area contributed by atoms with Gasteiger partial charge in [-0.05, 0) is 67.5 Å². The first-order valence-corrected chi connectivity index (χ1v) is 12.5. The fourth-order valence-corrected chi connectivity index (χ4v) is 5.28. The zero-order valence-corrected chi connectivity index (χ0v) is 20.1. The number of rotatable bonds is 8. The van der Waals surface area contributed by atoms with Crippen LogP contribution in [0.4, 0.5) is 5.69 Å². The second kappa shape index (κ2) is 10.9. The van der Waals surface area contributed by atoms with Crippen LogP contribution in [0.15, 0.2) is 73.1 Å². The molecule has 0 N–H and O–H groups in total. The third-order valence-corrected chi connectivity index (χ3v) is 7.16. The summed E-state index contributed by atoms with van der Waals surface area (Å²) in [6.45, 7) is 3.94. The molecular formula is C29H35N3O2. The van der Waals surface area contributed by atoms with Crippen LogP contribution in [0.3, 0.4) is 0 Å². The molecule has 3 aromatic rings. The van der Waals surface area contributed by atoms with E-state index in [-0.39, 0.29) is 0 Å². The summed E-state index contributed by atoms with van der Waals surface area (Å²) in [6.07, 6.45) is 9.92. The molecule has 1 atom stereocenters. The van der Waals surface area contributed by atoms with Gasteiger partial charge in [0.15, 0.2) is 11.5 Å². The summed E-state index contributed by atoms with van der Waals surface area (Å²) in [5.41, 5.74) is 3.92. The van der Waals surface area contributed by atoms with Gasteiger partial charge in [-0.2, -0.15) is 0 Å². The van der Waals surface area contributed by atoms with E-state index in [0.29, 0.717) is 12.1 Å². The minimum Gasteiger partial charge on any atom is -0.493 e. The number of piperazine rings is 1. The fourth-order valence-electron chi connectivity index (χ4n) is 5.28. The van der Waals surface area contributed by atoms with Crippen molar-refractivity contribution in [3.8, 4) is 11.5 Å². The van der Waals surface area contributed by atoms with Crippen molar-refractivity contribution in [3.63, 3.8) is 0 Å². The lowest BCUT2D eigenvalue weighted by Gasteiger charge is -2.43. The third-order valence-electron chi connectivity index (χ3n) is 7.16. The molecule has 1 aromatic heterocycles. The van der Waals surface area contributed by atoms with Crippen molar-refractivity contribution in [1.82, 2.24) is 9.88 Å². The number of aromatic nitrogens is 1. The summed E-state index contributed by atoms with van der Waals surface area (Å²) in [5.74, 6) is 1.71. The van der Waals surface area contributed by atoms with Crippen LogP contribution in [0.1, 0.15) is 36.8 Å². The SMILES string of the molecule is COc1ccc(N2CCN(Cc3ccncc3)[C@@H](Cc3ccccc3)C2)cc1OC1CCCC1. The van der Waals surface area contributed by atoms with Crippen LogP contribution in [0.2, 0.25) is 0 Å². The number of anilines is 1. The molecule has 5 rings (SSSR count). The lowest BCUT2D eigenvalue weighted by molar-refractivity contribution is 0.166. The van der Waals surface area contributed by atoms with E-state index >= 15 is 0 Å². The van der Waals surface area contributed by atoms with E-state index in [2.05, 4.69) is 75.4 Å². The first kappa shape index (κ1) is 22.7. The smallest absolute Gasteiger partial charge is 0.163 e. The van der Waals surface area contributed by atoms with Gasteiger partial charge in [-0.1, -0.05) is 30.3 Å². The van der Waals surface area contributed by atoms with Crippen molar-refractivity contribution >= 4 is 5.69 Å². The fraction of sp³-hybridized carbons (Fsp3) is 0.414. The molecule has 0 amide bonds. The Kier molecular flexibility index (Phi) is 7.30. The van der Waals surface area contributed by atoms with Crippen molar-refractivity contribution in [1.29, 1.82) is 0 Å². The molecule has 0 bridgehead atoms. The molecule has 5 nitrogen and oxygen atoms in total. The van der Waals surface area contributed by atoms with E-state index in [1.165, 1.54) is 29.7 Å². The molecule has 1 aliphatic heterocycles. The van der Waals surface area contributed by atoms with E-state index < -0.39 is 0 Å². The van der Waals surface area contributed by atoms with Crippen molar-refractivity contribution < 1.29 is 9.47 Å². The van der Waals surface area contributed by atoms with Crippen molar-refractivity contribution in [3.05, 3.63) is 84.2 Å². The van der Waals surface area contributed by atoms with Crippen LogP contribution in [0, 0.1) is 0 Å². The van der Waals surface area contributed by atoms with Gasteiger partial charge in [-0.3, -0.25) is 9.88 Å². The Hall–Kier alpha value is -3.05. The quantitative estimate of drug-likeness (QED) is 0.456. The molecule has 0 unspecified atom stereocenters. The largest absolute Gasteiger partial charge is 0.493 e. The second-order valence-electron chi connectivity index (χ2n) is 9.47. The van der Waals surface area contributed by atoms with Crippen molar-refractivity contribution in [2.45, 2.75) is 50.8 Å². The van der Waals surface area contributed by atoms with Gasteiger partial charge in [0.2, 0.25) is 0 Å². The molecule has 2 aromatic carbocycles. The average molecular weight is 458 g/mol. The Bertz CT molecular complexity index is 1040. The standard InChI is InChI=1S/C29H35N3O2/c1-33-28-12-11-25(20-29(28)34-27-9-5-6-10-27)32-18-17-31(21-24-13-15-30-16-14-24)26(22-32)19-23-7-3-2-4-8-23/h2-4,7-8,11-16,20,26-27H,5-6,9-10,17-19,21-22H2,1H3/t26-/m0/s1. The molecule has 2 heterocycles. The number of ether oxygens (including phenoxy) is 2. The molecule has 5 heteroatoms. The number of hydrogen-bond acceptors (Lipinski definition) is 5. The predicted octanol–water partition coefficient (Wildman–Crippen LogP) is 5.35. The van der Waals surface area contributed by atoms with Crippen molar-refractivity contribution in [2.75, 3.05) is 31.6 Å². The maximum absolute atomic E-state index is 6.38. The second-order valence-corrected chi connectivity index (χ2v) is 9.47. The summed E-state index contributed by atoms with van der Waals surface area (Å²) in [5, 5.41) is 0. The molecular weight excluding hydrogens is 422 g/mol. The van der Waals surface area contributed by atoms with Gasteiger partial charge < -0.3 is 14.4 Å². The molecule has 0 radical (unpaired) electrons. The van der Waals surface area contributed by atoms with E-state index in [1.54, 1.807) is 7.11 Å². The minimum atomic E-state index is 0.312. The van der Waals surface area contributed by atoms with E-state index in [0.717, 1.165) is 56.9 Å². The van der Waals surface area contributed by atoms with E-state index in [1.807, 2.05) is 12.4 Å². The summed E-state index contributed by atoms with van der Waals surface area (Å²) in [7, 11) is 1.73. The summed E-state index contributed by atoms with van der Waals surface area (Å²) < 4.78 is 12.0. The molecule has 1 saturated heterocycles. The molecule has 1 aliphatic carbocycles. The lowest BCUT2D eigenvalue weighted by Crippen LogP contribution is -2.53. The van der Waals surface area contributed by atoms with Gasteiger partial charge in [-0.15, -0.1) is 0 Å². The highest BCUT2D eigenvalue weighted by Gasteiger charge is 2.28. The molecule has 0 spiro atoms. The maximum atomic E-state index is 6.38. The molecule has 2 fully saturated rings. The van der Waals surface area contributed by atoms with Gasteiger partial charge >= 0.3 is 0 Å². The zero-order chi connectivity index (χ0) is 23.2. The van der Waals surface area contributed by atoms with Crippen molar-refractivity contribution in [2.24, 2.45) is 0 Å². The van der Waals surface area contributed by atoms with Crippen LogP contribution in [0.5, 0.6) is 11.5 Å². The molecule has 2 aliphatic rings. The highest BCUT2D eigenvalue weighted by Crippen LogP contribution is 2.36. The Morgan fingerprint density at radius 1 is 0.882 bits per heavy atom. The first-order valence-electron chi connectivity index (χ1n) is 12.5. The highest BCUT2D eigenvalue weighted by atomic mass is 16.5. The Morgan fingerprint density at radius 3 is 2.44 bits per heavy atom. The minimum absolute atomic E-state index is 0.312. The number of hydrogen-bond donors (Lipinski definition) is 0. The third kappa shape index (κ3) is 5.53. The van der Waals surface area contributed by atoms with Gasteiger partial charge in [0, 0.05) is 56.4 Å². The summed E-state index contributed by atoms with van der Waals surface area (Å²) in [4.78, 5) is 9.32. The monoisotopic (exact) mass is 457 g/mol. The molecule has 34 heavy (non-hydrogen) atoms. The van der Waals surface area contributed by atoms with Crippen LogP contribution >= 0.6 is 0 Å². The maximum Gasteiger partial charge on any atom is 0.163 e.